The van der Waals surface area contributed by atoms with Gasteiger partial charge in [-0.25, -0.2) is 4.98 Å². The minimum absolute atomic E-state index is 0.132. The van der Waals surface area contributed by atoms with Crippen molar-refractivity contribution in [3.05, 3.63) is 47.7 Å². The van der Waals surface area contributed by atoms with Crippen LogP contribution in [0, 0.1) is 16.7 Å². The number of aromatic nitrogens is 1. The van der Waals surface area contributed by atoms with Crippen LogP contribution in [0.1, 0.15) is 30.9 Å². The third-order valence-corrected chi connectivity index (χ3v) is 7.39. The number of likely N-dealkylation sites (tertiary alicyclic amines) is 1. The van der Waals surface area contributed by atoms with Crippen LogP contribution in [0.5, 0.6) is 11.5 Å². The van der Waals surface area contributed by atoms with Crippen LogP contribution in [0.25, 0.3) is 0 Å². The van der Waals surface area contributed by atoms with E-state index in [2.05, 4.69) is 11.1 Å². The molecule has 36 heavy (non-hydrogen) atoms. The number of ether oxygens (including phenoxy) is 2. The lowest BCUT2D eigenvalue weighted by atomic mass is 9.72. The Morgan fingerprint density at radius 1 is 1.28 bits per heavy atom. The first kappa shape index (κ1) is 25.7. The van der Waals surface area contributed by atoms with Gasteiger partial charge >= 0.3 is 0 Å². The van der Waals surface area contributed by atoms with Gasteiger partial charge in [0, 0.05) is 30.6 Å². The quantitative estimate of drug-likeness (QED) is 0.486. The van der Waals surface area contributed by atoms with Crippen molar-refractivity contribution in [3.8, 4) is 17.6 Å². The standard InChI is InChI=1S/C26H32N4O6/c1-16(32)26(2)15-30(25(34)21(33)14-31)13-20(26)17-6-7-22(35-3)23(9-17)36-19-11-29(12-19)24-18(10-27)5-4-8-28-24/h4-9,16,19-21,31-33H,11-15H2,1-3H3/t16-,20+,21+,26+/m1/s1. The highest BCUT2D eigenvalue weighted by Crippen LogP contribution is 2.47. The molecule has 0 spiro atoms. The molecule has 192 valence electrons. The van der Waals surface area contributed by atoms with E-state index < -0.39 is 30.1 Å². The molecule has 3 heterocycles. The van der Waals surface area contributed by atoms with Gasteiger partial charge in [0.2, 0.25) is 0 Å². The highest BCUT2D eigenvalue weighted by Gasteiger charge is 2.49. The zero-order valence-electron chi connectivity index (χ0n) is 20.7. The number of aliphatic hydroxyl groups excluding tert-OH is 3. The molecule has 10 heteroatoms. The maximum Gasteiger partial charge on any atom is 0.253 e. The van der Waals surface area contributed by atoms with Crippen molar-refractivity contribution in [2.24, 2.45) is 5.41 Å². The Morgan fingerprint density at radius 3 is 2.67 bits per heavy atom. The molecule has 2 aromatic rings. The molecule has 2 saturated heterocycles. The molecule has 4 atom stereocenters. The second-order valence-electron chi connectivity index (χ2n) is 9.69. The van der Waals surface area contributed by atoms with Crippen molar-refractivity contribution >= 4 is 11.7 Å². The summed E-state index contributed by atoms with van der Waals surface area (Å²) in [4.78, 5) is 20.4. The summed E-state index contributed by atoms with van der Waals surface area (Å²) >= 11 is 0. The van der Waals surface area contributed by atoms with E-state index in [4.69, 9.17) is 9.47 Å². The molecular weight excluding hydrogens is 464 g/mol. The van der Waals surface area contributed by atoms with Crippen molar-refractivity contribution in [1.82, 2.24) is 9.88 Å². The van der Waals surface area contributed by atoms with Crippen LogP contribution < -0.4 is 14.4 Å². The number of hydrogen-bond acceptors (Lipinski definition) is 9. The van der Waals surface area contributed by atoms with Crippen molar-refractivity contribution < 1.29 is 29.6 Å². The van der Waals surface area contributed by atoms with Gasteiger partial charge in [0.25, 0.3) is 5.91 Å². The van der Waals surface area contributed by atoms with Crippen LogP contribution >= 0.6 is 0 Å². The van der Waals surface area contributed by atoms with Crippen molar-refractivity contribution in [2.45, 2.75) is 38.1 Å². The summed E-state index contributed by atoms with van der Waals surface area (Å²) in [5.41, 5.74) is 0.714. The number of rotatable bonds is 8. The highest BCUT2D eigenvalue weighted by molar-refractivity contribution is 5.81. The van der Waals surface area contributed by atoms with Crippen LogP contribution in [0.3, 0.4) is 0 Å². The minimum Gasteiger partial charge on any atom is -0.493 e. The molecular formula is C26H32N4O6. The third-order valence-electron chi connectivity index (χ3n) is 7.39. The number of benzene rings is 1. The van der Waals surface area contributed by atoms with Crippen LogP contribution in [0.4, 0.5) is 5.82 Å². The number of methoxy groups -OCH3 is 1. The Labute approximate surface area is 210 Å². The summed E-state index contributed by atoms with van der Waals surface area (Å²) in [7, 11) is 1.56. The molecule has 0 radical (unpaired) electrons. The lowest BCUT2D eigenvalue weighted by Crippen LogP contribution is -2.54. The average Bonchev–Trinajstić information content (AvgIpc) is 3.23. The number of amides is 1. The molecule has 2 fully saturated rings. The SMILES string of the molecule is COc1ccc([C@@H]2CN(C(=O)[C@@H](O)CO)C[C@@]2(C)[C@@H](C)O)cc1OC1CN(c2ncccc2C#N)C1. The van der Waals surface area contributed by atoms with E-state index in [-0.39, 0.29) is 25.1 Å². The van der Waals surface area contributed by atoms with Crippen molar-refractivity contribution in [3.63, 3.8) is 0 Å². The van der Waals surface area contributed by atoms with Crippen molar-refractivity contribution in [2.75, 3.05) is 44.8 Å². The molecule has 0 unspecified atom stereocenters. The second kappa shape index (κ2) is 10.3. The fraction of sp³-hybridized carbons (Fsp3) is 0.500. The van der Waals surface area contributed by atoms with Gasteiger partial charge in [-0.05, 0) is 36.8 Å². The first-order chi connectivity index (χ1) is 17.2. The number of anilines is 1. The molecule has 1 amide bonds. The van der Waals surface area contributed by atoms with Gasteiger partial charge in [-0.15, -0.1) is 0 Å². The van der Waals surface area contributed by atoms with E-state index in [0.717, 1.165) is 5.56 Å². The highest BCUT2D eigenvalue weighted by atomic mass is 16.5. The van der Waals surface area contributed by atoms with E-state index >= 15 is 0 Å². The zero-order valence-corrected chi connectivity index (χ0v) is 20.7. The summed E-state index contributed by atoms with van der Waals surface area (Å²) in [6.45, 7) is 4.62. The molecule has 10 nitrogen and oxygen atoms in total. The number of aliphatic hydroxyl groups is 3. The number of carbonyl (C=O) groups excluding carboxylic acids is 1. The van der Waals surface area contributed by atoms with Gasteiger partial charge in [0.05, 0.1) is 38.5 Å². The Bertz CT molecular complexity index is 1150. The summed E-state index contributed by atoms with van der Waals surface area (Å²) in [6.07, 6.45) is -0.692. The van der Waals surface area contributed by atoms with Crippen LogP contribution in [-0.4, -0.2) is 89.3 Å². The second-order valence-corrected chi connectivity index (χ2v) is 9.69. The Balaban J connectivity index is 1.54. The predicted octanol–water partition coefficient (Wildman–Crippen LogP) is 0.896. The van der Waals surface area contributed by atoms with Gasteiger partial charge < -0.3 is 34.6 Å². The Morgan fingerprint density at radius 2 is 2.03 bits per heavy atom. The number of nitriles is 1. The number of nitrogens with zero attached hydrogens (tertiary/aromatic N) is 4. The largest absolute Gasteiger partial charge is 0.493 e. The number of hydrogen-bond donors (Lipinski definition) is 3. The number of carbonyl (C=O) groups is 1. The van der Waals surface area contributed by atoms with Gasteiger partial charge in [0.15, 0.2) is 17.6 Å². The molecule has 3 N–H and O–H groups in total. The topological polar surface area (TPSA) is 139 Å². The van der Waals surface area contributed by atoms with Crippen LogP contribution in [-0.2, 0) is 4.79 Å². The van der Waals surface area contributed by atoms with Gasteiger partial charge in [-0.3, -0.25) is 4.79 Å². The molecule has 2 aliphatic heterocycles. The molecule has 4 rings (SSSR count). The van der Waals surface area contributed by atoms with Gasteiger partial charge in [-0.2, -0.15) is 5.26 Å². The maximum absolute atomic E-state index is 12.6. The lowest BCUT2D eigenvalue weighted by molar-refractivity contribution is -0.141. The van der Waals surface area contributed by atoms with E-state index in [1.807, 2.05) is 30.0 Å². The van der Waals surface area contributed by atoms with Gasteiger partial charge in [0.1, 0.15) is 18.0 Å². The van der Waals surface area contributed by atoms with Crippen molar-refractivity contribution in [1.29, 1.82) is 5.26 Å². The average molecular weight is 497 g/mol. The van der Waals surface area contributed by atoms with Gasteiger partial charge in [-0.1, -0.05) is 13.0 Å². The smallest absolute Gasteiger partial charge is 0.253 e. The van der Waals surface area contributed by atoms with E-state index in [1.54, 1.807) is 32.4 Å². The lowest BCUT2D eigenvalue weighted by Gasteiger charge is -2.40. The maximum atomic E-state index is 12.6. The summed E-state index contributed by atoms with van der Waals surface area (Å²) in [5.74, 6) is 0.958. The normalized spacial score (nSPS) is 23.5. The Kier molecular flexibility index (Phi) is 7.36. The first-order valence-electron chi connectivity index (χ1n) is 11.9. The molecule has 1 aromatic heterocycles. The molecule has 0 aliphatic carbocycles. The number of pyridine rings is 1. The van der Waals surface area contributed by atoms with Crippen LogP contribution in [0.2, 0.25) is 0 Å². The van der Waals surface area contributed by atoms with Crippen LogP contribution in [0.15, 0.2) is 36.5 Å². The summed E-state index contributed by atoms with van der Waals surface area (Å²) < 4.78 is 11.8. The Hall–Kier alpha value is -3.39. The molecule has 1 aromatic carbocycles. The molecule has 2 aliphatic rings. The van der Waals surface area contributed by atoms with E-state index in [1.165, 1.54) is 4.90 Å². The fourth-order valence-corrected chi connectivity index (χ4v) is 4.98. The zero-order chi connectivity index (χ0) is 26.0. The predicted molar refractivity (Wildman–Crippen MR) is 131 cm³/mol. The van der Waals surface area contributed by atoms with E-state index in [0.29, 0.717) is 36.0 Å². The third kappa shape index (κ3) is 4.69. The molecule has 0 bridgehead atoms. The summed E-state index contributed by atoms with van der Waals surface area (Å²) in [6, 6.07) is 11.2. The minimum atomic E-state index is -1.49. The first-order valence-corrected chi connectivity index (χ1v) is 11.9. The summed E-state index contributed by atoms with van der Waals surface area (Å²) in [5, 5.41) is 39.1. The van der Waals surface area contributed by atoms with E-state index in [9.17, 15) is 25.4 Å². The monoisotopic (exact) mass is 496 g/mol. The fourth-order valence-electron chi connectivity index (χ4n) is 4.98. The molecule has 0 saturated carbocycles.